The number of amides is 1. The molecule has 0 spiro atoms. The van der Waals surface area contributed by atoms with Crippen LogP contribution in [-0.4, -0.2) is 49.9 Å². The monoisotopic (exact) mass is 331 g/mol. The molecular weight excluding hydrogens is 318 g/mol. The molecule has 98 valence electrons. The minimum atomic E-state index is -0.0965. The van der Waals surface area contributed by atoms with Crippen molar-refractivity contribution in [2.75, 3.05) is 32.8 Å². The molecule has 0 aromatic carbocycles. The molecule has 1 aromatic heterocycles. The molecule has 18 heavy (non-hydrogen) atoms. The molecule has 7 heteroatoms. The molecule has 0 aliphatic carbocycles. The Hall–Kier alpha value is -0.760. The lowest BCUT2D eigenvalue weighted by atomic mass is 10.4. The van der Waals surface area contributed by atoms with Gasteiger partial charge in [0.05, 0.1) is 30.9 Å². The highest BCUT2D eigenvalue weighted by molar-refractivity contribution is 9.10. The van der Waals surface area contributed by atoms with Crippen LogP contribution in [0.3, 0.4) is 0 Å². The average molecular weight is 332 g/mol. The third-order valence-electron chi connectivity index (χ3n) is 2.49. The Morgan fingerprint density at radius 1 is 1.61 bits per heavy atom. The number of nitrogens with one attached hydrogen (secondary N) is 1. The Morgan fingerprint density at radius 2 is 2.39 bits per heavy atom. The highest BCUT2D eigenvalue weighted by Gasteiger charge is 2.13. The molecule has 1 N–H and O–H groups in total. The number of carbonyl (C=O) groups is 1. The molecule has 1 amide bonds. The van der Waals surface area contributed by atoms with E-state index in [1.165, 1.54) is 0 Å². The molecule has 0 saturated carbocycles. The van der Waals surface area contributed by atoms with Crippen LogP contribution < -0.4 is 5.43 Å². The SMILES string of the molecule is O=C(CN1CCOCC1)N/N=C/c1sccc1Br. The molecule has 2 heterocycles. The number of rotatable bonds is 4. The molecule has 0 atom stereocenters. The van der Waals surface area contributed by atoms with E-state index in [0.29, 0.717) is 19.8 Å². The first-order valence-corrected chi connectivity index (χ1v) is 7.28. The van der Waals surface area contributed by atoms with Gasteiger partial charge >= 0.3 is 0 Å². The van der Waals surface area contributed by atoms with Gasteiger partial charge in [0.1, 0.15) is 0 Å². The number of carbonyl (C=O) groups excluding carboxylic acids is 1. The van der Waals surface area contributed by atoms with E-state index in [4.69, 9.17) is 4.74 Å². The van der Waals surface area contributed by atoms with Crippen LogP contribution in [0.25, 0.3) is 0 Å². The van der Waals surface area contributed by atoms with Gasteiger partial charge in [0.2, 0.25) is 0 Å². The van der Waals surface area contributed by atoms with Crippen molar-refractivity contribution in [2.24, 2.45) is 5.10 Å². The van der Waals surface area contributed by atoms with Crippen LogP contribution in [0.2, 0.25) is 0 Å². The third-order valence-corrected chi connectivity index (χ3v) is 4.29. The van der Waals surface area contributed by atoms with Gasteiger partial charge in [0.25, 0.3) is 5.91 Å². The Morgan fingerprint density at radius 3 is 3.06 bits per heavy atom. The fourth-order valence-corrected chi connectivity index (χ4v) is 2.89. The van der Waals surface area contributed by atoms with Crippen LogP contribution in [0.1, 0.15) is 4.88 Å². The fourth-order valence-electron chi connectivity index (χ4n) is 1.56. The minimum absolute atomic E-state index is 0.0965. The van der Waals surface area contributed by atoms with Gasteiger partial charge in [-0.05, 0) is 27.4 Å². The summed E-state index contributed by atoms with van der Waals surface area (Å²) in [7, 11) is 0. The number of thiophene rings is 1. The maximum absolute atomic E-state index is 11.6. The Labute approximate surface area is 118 Å². The van der Waals surface area contributed by atoms with E-state index >= 15 is 0 Å². The molecule has 5 nitrogen and oxygen atoms in total. The Balaban J connectivity index is 1.74. The van der Waals surface area contributed by atoms with Crippen molar-refractivity contribution < 1.29 is 9.53 Å². The molecule has 2 rings (SSSR count). The quantitative estimate of drug-likeness (QED) is 0.668. The average Bonchev–Trinajstić information content (AvgIpc) is 2.76. The summed E-state index contributed by atoms with van der Waals surface area (Å²) in [4.78, 5) is 14.6. The highest BCUT2D eigenvalue weighted by atomic mass is 79.9. The van der Waals surface area contributed by atoms with Gasteiger partial charge in [-0.3, -0.25) is 9.69 Å². The van der Waals surface area contributed by atoms with E-state index in [-0.39, 0.29) is 5.91 Å². The van der Waals surface area contributed by atoms with E-state index < -0.39 is 0 Å². The standard InChI is InChI=1S/C11H14BrN3O2S/c12-9-1-6-18-10(9)7-13-14-11(16)8-15-2-4-17-5-3-15/h1,6-7H,2-5,8H2,(H,14,16)/b13-7+. The molecule has 1 aliphatic heterocycles. The lowest BCUT2D eigenvalue weighted by Gasteiger charge is -2.25. The van der Waals surface area contributed by atoms with Crippen LogP contribution in [0.4, 0.5) is 0 Å². The minimum Gasteiger partial charge on any atom is -0.379 e. The smallest absolute Gasteiger partial charge is 0.254 e. The van der Waals surface area contributed by atoms with Crippen LogP contribution in [-0.2, 0) is 9.53 Å². The van der Waals surface area contributed by atoms with Gasteiger partial charge in [0.15, 0.2) is 0 Å². The zero-order valence-corrected chi connectivity index (χ0v) is 12.2. The van der Waals surface area contributed by atoms with E-state index in [2.05, 4.69) is 31.4 Å². The van der Waals surface area contributed by atoms with Gasteiger partial charge in [-0.25, -0.2) is 5.43 Å². The van der Waals surface area contributed by atoms with Crippen LogP contribution >= 0.6 is 27.3 Å². The summed E-state index contributed by atoms with van der Waals surface area (Å²) in [5.74, 6) is -0.0965. The number of nitrogens with zero attached hydrogens (tertiary/aromatic N) is 2. The van der Waals surface area contributed by atoms with Crippen molar-refractivity contribution >= 4 is 39.4 Å². The maximum Gasteiger partial charge on any atom is 0.254 e. The number of hydrogen-bond acceptors (Lipinski definition) is 5. The van der Waals surface area contributed by atoms with E-state index in [9.17, 15) is 4.79 Å². The predicted octanol–water partition coefficient (Wildman–Crippen LogP) is 1.29. The zero-order valence-electron chi connectivity index (χ0n) is 9.76. The summed E-state index contributed by atoms with van der Waals surface area (Å²) in [5.41, 5.74) is 2.53. The van der Waals surface area contributed by atoms with Crippen LogP contribution in [0.15, 0.2) is 21.0 Å². The second kappa shape index (κ2) is 6.98. The van der Waals surface area contributed by atoms with Crippen molar-refractivity contribution in [2.45, 2.75) is 0 Å². The number of hydrogen-bond donors (Lipinski definition) is 1. The van der Waals surface area contributed by atoms with Crippen molar-refractivity contribution in [3.63, 3.8) is 0 Å². The molecule has 0 radical (unpaired) electrons. The number of morpholine rings is 1. The van der Waals surface area contributed by atoms with E-state index in [1.807, 2.05) is 11.4 Å². The zero-order chi connectivity index (χ0) is 12.8. The molecule has 1 aliphatic rings. The summed E-state index contributed by atoms with van der Waals surface area (Å²) in [6, 6.07) is 1.95. The fraction of sp³-hybridized carbons (Fsp3) is 0.455. The van der Waals surface area contributed by atoms with Gasteiger partial charge < -0.3 is 4.74 Å². The number of ether oxygens (including phenoxy) is 1. The predicted molar refractivity (Wildman–Crippen MR) is 75.0 cm³/mol. The third kappa shape index (κ3) is 4.16. The van der Waals surface area contributed by atoms with Crippen molar-refractivity contribution in [3.05, 3.63) is 20.8 Å². The summed E-state index contributed by atoms with van der Waals surface area (Å²) in [6.07, 6.45) is 1.64. The van der Waals surface area contributed by atoms with Gasteiger partial charge in [-0.2, -0.15) is 5.10 Å². The maximum atomic E-state index is 11.6. The van der Waals surface area contributed by atoms with Gasteiger partial charge in [0, 0.05) is 17.6 Å². The normalized spacial score (nSPS) is 17.2. The summed E-state index contributed by atoms with van der Waals surface area (Å²) < 4.78 is 6.20. The molecular formula is C11H14BrN3O2S. The first-order chi connectivity index (χ1) is 8.75. The van der Waals surface area contributed by atoms with Crippen molar-refractivity contribution in [3.8, 4) is 0 Å². The van der Waals surface area contributed by atoms with Crippen LogP contribution in [0, 0.1) is 0 Å². The van der Waals surface area contributed by atoms with Gasteiger partial charge in [-0.15, -0.1) is 11.3 Å². The first-order valence-electron chi connectivity index (χ1n) is 5.61. The second-order valence-electron chi connectivity index (χ2n) is 3.81. The summed E-state index contributed by atoms with van der Waals surface area (Å²) >= 11 is 4.96. The molecule has 0 bridgehead atoms. The molecule has 1 aromatic rings. The first kappa shape index (κ1) is 13.7. The number of hydrazone groups is 1. The second-order valence-corrected chi connectivity index (χ2v) is 5.62. The molecule has 1 fully saturated rings. The molecule has 1 saturated heterocycles. The Bertz CT molecular complexity index is 430. The Kier molecular flexibility index (Phi) is 5.30. The summed E-state index contributed by atoms with van der Waals surface area (Å²) in [5, 5.41) is 5.90. The number of halogens is 1. The van der Waals surface area contributed by atoms with Crippen molar-refractivity contribution in [1.29, 1.82) is 0 Å². The lowest BCUT2D eigenvalue weighted by molar-refractivity contribution is -0.123. The van der Waals surface area contributed by atoms with E-state index in [0.717, 1.165) is 22.4 Å². The van der Waals surface area contributed by atoms with Crippen LogP contribution in [0.5, 0.6) is 0 Å². The van der Waals surface area contributed by atoms with E-state index in [1.54, 1.807) is 17.6 Å². The van der Waals surface area contributed by atoms with Gasteiger partial charge in [-0.1, -0.05) is 0 Å². The molecule has 0 unspecified atom stereocenters. The highest BCUT2D eigenvalue weighted by Crippen LogP contribution is 2.20. The summed E-state index contributed by atoms with van der Waals surface area (Å²) in [6.45, 7) is 3.35. The lowest BCUT2D eigenvalue weighted by Crippen LogP contribution is -2.42. The largest absolute Gasteiger partial charge is 0.379 e. The topological polar surface area (TPSA) is 53.9 Å². The van der Waals surface area contributed by atoms with Crippen molar-refractivity contribution in [1.82, 2.24) is 10.3 Å².